The Morgan fingerprint density at radius 3 is 2.65 bits per heavy atom. The third-order valence-electron chi connectivity index (χ3n) is 4.96. The van der Waals surface area contributed by atoms with Gasteiger partial charge in [-0.05, 0) is 0 Å². The molecule has 3 rings (SSSR count). The second-order valence-electron chi connectivity index (χ2n) is 8.23. The number of rotatable bonds is 4. The molecule has 8 nitrogen and oxygen atoms in total. The smallest absolute Gasteiger partial charge is 0.239 e. The van der Waals surface area contributed by atoms with Crippen LogP contribution in [0.1, 0.15) is 38.1 Å². The number of amides is 1. The van der Waals surface area contributed by atoms with E-state index in [1.807, 2.05) is 30.9 Å². The zero-order valence-electron chi connectivity index (χ0n) is 16.2. The van der Waals surface area contributed by atoms with Gasteiger partial charge < -0.3 is 15.6 Å². The van der Waals surface area contributed by atoms with Gasteiger partial charge in [-0.25, -0.2) is 4.98 Å². The highest BCUT2D eigenvalue weighted by molar-refractivity contribution is 5.91. The van der Waals surface area contributed by atoms with Gasteiger partial charge in [-0.3, -0.25) is 14.4 Å². The summed E-state index contributed by atoms with van der Waals surface area (Å²) in [5.74, 6) is 0.859. The molecule has 1 saturated heterocycles. The largest absolute Gasteiger partial charge is 0.337 e. The number of nitrogens with two attached hydrogens (primary N) is 1. The van der Waals surface area contributed by atoms with Crippen molar-refractivity contribution in [2.24, 2.45) is 19.8 Å². The van der Waals surface area contributed by atoms with E-state index in [9.17, 15) is 4.79 Å². The van der Waals surface area contributed by atoms with Crippen LogP contribution >= 0.6 is 0 Å². The van der Waals surface area contributed by atoms with E-state index < -0.39 is 0 Å². The van der Waals surface area contributed by atoms with Gasteiger partial charge >= 0.3 is 0 Å². The first kappa shape index (κ1) is 18.6. The van der Waals surface area contributed by atoms with E-state index in [4.69, 9.17) is 5.73 Å². The highest BCUT2D eigenvalue weighted by Gasteiger charge is 2.33. The lowest BCUT2D eigenvalue weighted by atomic mass is 9.92. The maximum atomic E-state index is 12.5. The first-order valence-corrected chi connectivity index (χ1v) is 8.93. The Labute approximate surface area is 154 Å². The number of anilines is 1. The van der Waals surface area contributed by atoms with E-state index in [-0.39, 0.29) is 23.3 Å². The van der Waals surface area contributed by atoms with Gasteiger partial charge in [0.2, 0.25) is 5.91 Å². The van der Waals surface area contributed by atoms with Crippen molar-refractivity contribution in [3.8, 4) is 0 Å². The van der Waals surface area contributed by atoms with Gasteiger partial charge in [0.05, 0.1) is 18.6 Å². The van der Waals surface area contributed by atoms with Crippen LogP contribution < -0.4 is 11.1 Å². The molecule has 2 aromatic heterocycles. The molecular formula is C18H29N7O. The minimum atomic E-state index is -0.0568. The summed E-state index contributed by atoms with van der Waals surface area (Å²) < 4.78 is 3.71. The molecule has 1 aliphatic heterocycles. The molecule has 0 bridgehead atoms. The van der Waals surface area contributed by atoms with E-state index in [0.29, 0.717) is 18.9 Å². The summed E-state index contributed by atoms with van der Waals surface area (Å²) in [6.45, 7) is 8.08. The number of hydrogen-bond donors (Lipinski definition) is 2. The van der Waals surface area contributed by atoms with E-state index in [0.717, 1.165) is 17.9 Å². The van der Waals surface area contributed by atoms with Crippen LogP contribution in [0.5, 0.6) is 0 Å². The molecular weight excluding hydrogens is 330 g/mol. The lowest BCUT2D eigenvalue weighted by Crippen LogP contribution is -2.34. The monoisotopic (exact) mass is 359 g/mol. The van der Waals surface area contributed by atoms with Crippen LogP contribution in [-0.4, -0.2) is 55.8 Å². The molecule has 142 valence electrons. The lowest BCUT2D eigenvalue weighted by Gasteiger charge is -2.16. The Bertz CT molecular complexity index is 786. The molecule has 26 heavy (non-hydrogen) atoms. The summed E-state index contributed by atoms with van der Waals surface area (Å²) in [5, 5.41) is 7.46. The number of hydrogen-bond acceptors (Lipinski definition) is 5. The molecule has 3 N–H and O–H groups in total. The average molecular weight is 359 g/mol. The molecule has 0 unspecified atom stereocenters. The summed E-state index contributed by atoms with van der Waals surface area (Å²) in [6.07, 6.45) is 3.64. The van der Waals surface area contributed by atoms with Gasteiger partial charge in [0.1, 0.15) is 5.82 Å². The molecule has 0 aromatic carbocycles. The number of likely N-dealkylation sites (tertiary alicyclic amines) is 1. The summed E-state index contributed by atoms with van der Waals surface area (Å²) in [7, 11) is 3.81. The normalized spacial score (nSPS) is 21.3. The molecule has 1 aliphatic rings. The van der Waals surface area contributed by atoms with E-state index in [1.165, 1.54) is 0 Å². The topological polar surface area (TPSA) is 94.0 Å². The van der Waals surface area contributed by atoms with Crippen molar-refractivity contribution < 1.29 is 4.79 Å². The van der Waals surface area contributed by atoms with Crippen LogP contribution in [0.25, 0.3) is 0 Å². The zero-order valence-corrected chi connectivity index (χ0v) is 16.2. The molecule has 0 saturated carbocycles. The highest BCUT2D eigenvalue weighted by Crippen LogP contribution is 2.26. The van der Waals surface area contributed by atoms with E-state index in [1.54, 1.807) is 11.0 Å². The van der Waals surface area contributed by atoms with Gasteiger partial charge in [0, 0.05) is 62.5 Å². The SMILES string of the molecule is Cn1cncc1[C@@H]1CN(CC(=O)Nc2cc(C(C)(C)C)nn2C)C[C@H]1N. The number of nitrogens with one attached hydrogen (secondary N) is 1. The Morgan fingerprint density at radius 1 is 1.35 bits per heavy atom. The average Bonchev–Trinajstić information content (AvgIpc) is 3.19. The van der Waals surface area contributed by atoms with E-state index >= 15 is 0 Å². The molecule has 2 aromatic rings. The molecule has 8 heteroatoms. The van der Waals surface area contributed by atoms with Gasteiger partial charge in [0.15, 0.2) is 0 Å². The Kier molecular flexibility index (Phi) is 4.90. The molecule has 2 atom stereocenters. The summed E-state index contributed by atoms with van der Waals surface area (Å²) >= 11 is 0. The van der Waals surface area contributed by atoms with Crippen LogP contribution in [0.15, 0.2) is 18.6 Å². The second kappa shape index (κ2) is 6.85. The van der Waals surface area contributed by atoms with Gasteiger partial charge in [-0.2, -0.15) is 5.10 Å². The fraction of sp³-hybridized carbons (Fsp3) is 0.611. The molecule has 1 fully saturated rings. The van der Waals surface area contributed by atoms with Crippen LogP contribution in [0.2, 0.25) is 0 Å². The summed E-state index contributed by atoms with van der Waals surface area (Å²) in [5.41, 5.74) is 8.31. The number of aryl methyl sites for hydroxylation is 2. The molecule has 3 heterocycles. The first-order valence-electron chi connectivity index (χ1n) is 8.93. The van der Waals surface area contributed by atoms with Crippen LogP contribution in [-0.2, 0) is 24.3 Å². The van der Waals surface area contributed by atoms with Crippen LogP contribution in [0.4, 0.5) is 5.82 Å². The molecule has 0 spiro atoms. The van der Waals surface area contributed by atoms with Crippen LogP contribution in [0, 0.1) is 0 Å². The van der Waals surface area contributed by atoms with Crippen LogP contribution in [0.3, 0.4) is 0 Å². The minimum Gasteiger partial charge on any atom is -0.337 e. The summed E-state index contributed by atoms with van der Waals surface area (Å²) in [4.78, 5) is 18.8. The number of aromatic nitrogens is 4. The maximum absolute atomic E-state index is 12.5. The highest BCUT2D eigenvalue weighted by atomic mass is 16.2. The van der Waals surface area contributed by atoms with Gasteiger partial charge in [-0.1, -0.05) is 20.8 Å². The lowest BCUT2D eigenvalue weighted by molar-refractivity contribution is -0.117. The Hall–Kier alpha value is -2.19. The van der Waals surface area contributed by atoms with E-state index in [2.05, 4.69) is 41.1 Å². The predicted molar refractivity (Wildman–Crippen MR) is 101 cm³/mol. The standard InChI is InChI=1S/C18H29N7O/c1-18(2,3)15-6-16(24(5)22-15)21-17(26)10-25-8-12(13(19)9-25)14-7-20-11-23(14)4/h6-7,11-13H,8-10,19H2,1-5H3,(H,21,26)/t12-,13-/m1/s1. The molecule has 0 aliphatic carbocycles. The Balaban J connectivity index is 1.61. The fourth-order valence-electron chi connectivity index (χ4n) is 3.42. The van der Waals surface area contributed by atoms with Crippen molar-refractivity contribution in [1.82, 2.24) is 24.2 Å². The quantitative estimate of drug-likeness (QED) is 0.843. The molecule has 1 amide bonds. The van der Waals surface area contributed by atoms with Gasteiger partial charge in [-0.15, -0.1) is 0 Å². The third kappa shape index (κ3) is 3.81. The fourth-order valence-corrected chi connectivity index (χ4v) is 3.42. The first-order chi connectivity index (χ1) is 12.1. The molecule has 0 radical (unpaired) electrons. The third-order valence-corrected chi connectivity index (χ3v) is 4.96. The number of nitrogens with zero attached hydrogens (tertiary/aromatic N) is 5. The van der Waals surface area contributed by atoms with Crippen molar-refractivity contribution >= 4 is 11.7 Å². The van der Waals surface area contributed by atoms with Crippen molar-refractivity contribution in [2.75, 3.05) is 25.0 Å². The second-order valence-corrected chi connectivity index (χ2v) is 8.23. The predicted octanol–water partition coefficient (Wildman–Crippen LogP) is 0.816. The number of carbonyl (C=O) groups excluding carboxylic acids is 1. The van der Waals surface area contributed by atoms with Crippen molar-refractivity contribution in [3.63, 3.8) is 0 Å². The minimum absolute atomic E-state index is 0.00222. The van der Waals surface area contributed by atoms with Crippen molar-refractivity contribution in [3.05, 3.63) is 30.0 Å². The number of imidazole rings is 1. The van der Waals surface area contributed by atoms with Gasteiger partial charge in [0.25, 0.3) is 0 Å². The van der Waals surface area contributed by atoms with Crippen molar-refractivity contribution in [2.45, 2.75) is 38.1 Å². The summed E-state index contributed by atoms with van der Waals surface area (Å²) in [6, 6.07) is 1.94. The van der Waals surface area contributed by atoms with Crippen molar-refractivity contribution in [1.29, 1.82) is 0 Å². The maximum Gasteiger partial charge on any atom is 0.239 e. The Morgan fingerprint density at radius 2 is 2.08 bits per heavy atom. The zero-order chi connectivity index (χ0) is 19.1. The number of carbonyl (C=O) groups is 1.